The van der Waals surface area contributed by atoms with Gasteiger partial charge in [0.15, 0.2) is 0 Å². The summed E-state index contributed by atoms with van der Waals surface area (Å²) in [6, 6.07) is 8.99. The summed E-state index contributed by atoms with van der Waals surface area (Å²) in [6.45, 7) is 3.50. The maximum atomic E-state index is 12.2. The summed E-state index contributed by atoms with van der Waals surface area (Å²) in [5.74, 6) is -0.602. The number of benzene rings is 1. The van der Waals surface area contributed by atoms with Crippen molar-refractivity contribution in [3.05, 3.63) is 35.9 Å². The lowest BCUT2D eigenvalue weighted by Gasteiger charge is -2.22. The van der Waals surface area contributed by atoms with Crippen molar-refractivity contribution in [1.82, 2.24) is 10.2 Å². The highest BCUT2D eigenvalue weighted by Crippen LogP contribution is 2.23. The SMILES string of the molecule is CC1(C)NC(=O)N(CC(C(N)=S)c2ccccc2)C1=O. The third-order valence-electron chi connectivity index (χ3n) is 3.35. The third-order valence-corrected chi connectivity index (χ3v) is 3.64. The molecule has 0 bridgehead atoms. The van der Waals surface area contributed by atoms with E-state index in [1.54, 1.807) is 13.8 Å². The first-order chi connectivity index (χ1) is 9.33. The largest absolute Gasteiger partial charge is 0.393 e. The van der Waals surface area contributed by atoms with Crippen LogP contribution in [-0.4, -0.2) is 33.9 Å². The van der Waals surface area contributed by atoms with E-state index >= 15 is 0 Å². The number of nitrogens with two attached hydrogens (primary N) is 1. The number of hydrogen-bond donors (Lipinski definition) is 2. The van der Waals surface area contributed by atoms with Crippen LogP contribution >= 0.6 is 12.2 Å². The van der Waals surface area contributed by atoms with Crippen LogP contribution in [0.1, 0.15) is 25.3 Å². The second kappa shape index (κ2) is 5.20. The van der Waals surface area contributed by atoms with Crippen molar-refractivity contribution in [3.8, 4) is 0 Å². The topological polar surface area (TPSA) is 75.4 Å². The quantitative estimate of drug-likeness (QED) is 0.649. The Morgan fingerprint density at radius 1 is 1.35 bits per heavy atom. The molecule has 1 unspecified atom stereocenters. The second-order valence-electron chi connectivity index (χ2n) is 5.34. The van der Waals surface area contributed by atoms with Gasteiger partial charge < -0.3 is 11.1 Å². The number of carbonyl (C=O) groups excluding carboxylic acids is 2. The molecule has 1 atom stereocenters. The number of amides is 3. The Labute approximate surface area is 123 Å². The molecule has 0 radical (unpaired) electrons. The Balaban J connectivity index is 2.24. The summed E-state index contributed by atoms with van der Waals surface area (Å²) in [4.78, 5) is 25.5. The predicted octanol–water partition coefficient (Wildman–Crippen LogP) is 1.39. The van der Waals surface area contributed by atoms with Gasteiger partial charge in [0.05, 0.1) is 10.9 Å². The number of thiocarbonyl (C=S) groups is 1. The van der Waals surface area contributed by atoms with Gasteiger partial charge in [-0.2, -0.15) is 0 Å². The summed E-state index contributed by atoms with van der Waals surface area (Å²) in [6.07, 6.45) is 0. The van der Waals surface area contributed by atoms with Crippen LogP contribution in [0.15, 0.2) is 30.3 Å². The van der Waals surface area contributed by atoms with Gasteiger partial charge in [0, 0.05) is 6.54 Å². The highest BCUT2D eigenvalue weighted by Gasteiger charge is 2.45. The van der Waals surface area contributed by atoms with Crippen molar-refractivity contribution in [2.75, 3.05) is 6.54 Å². The standard InChI is InChI=1S/C14H17N3O2S/c1-14(2)12(18)17(13(19)16-14)8-10(11(15)20)9-6-4-3-5-7-9/h3-7,10H,8H2,1-2H3,(H2,15,20)(H,16,19). The minimum atomic E-state index is -0.880. The fraction of sp³-hybridized carbons (Fsp3) is 0.357. The number of hydrogen-bond acceptors (Lipinski definition) is 3. The van der Waals surface area contributed by atoms with Crippen LogP contribution in [0.5, 0.6) is 0 Å². The zero-order chi connectivity index (χ0) is 14.9. The van der Waals surface area contributed by atoms with Gasteiger partial charge in [-0.1, -0.05) is 42.5 Å². The van der Waals surface area contributed by atoms with E-state index in [-0.39, 0.29) is 23.4 Å². The smallest absolute Gasteiger partial charge is 0.325 e. The van der Waals surface area contributed by atoms with Crippen molar-refractivity contribution < 1.29 is 9.59 Å². The minimum Gasteiger partial charge on any atom is -0.393 e. The van der Waals surface area contributed by atoms with E-state index in [0.29, 0.717) is 0 Å². The van der Waals surface area contributed by atoms with E-state index in [2.05, 4.69) is 5.32 Å². The lowest BCUT2D eigenvalue weighted by atomic mass is 9.98. The lowest BCUT2D eigenvalue weighted by molar-refractivity contribution is -0.130. The summed E-state index contributed by atoms with van der Waals surface area (Å²) in [5.41, 5.74) is 5.78. The molecule has 0 saturated carbocycles. The number of rotatable bonds is 4. The van der Waals surface area contributed by atoms with Gasteiger partial charge in [-0.3, -0.25) is 9.69 Å². The second-order valence-corrected chi connectivity index (χ2v) is 5.81. The molecule has 1 saturated heterocycles. The zero-order valence-corrected chi connectivity index (χ0v) is 12.2. The molecule has 1 aromatic rings. The number of nitrogens with one attached hydrogen (secondary N) is 1. The normalized spacial score (nSPS) is 18.8. The molecule has 6 heteroatoms. The maximum absolute atomic E-state index is 12.2. The molecule has 2 rings (SSSR count). The highest BCUT2D eigenvalue weighted by atomic mass is 32.1. The van der Waals surface area contributed by atoms with Crippen LogP contribution in [0.4, 0.5) is 4.79 Å². The third kappa shape index (κ3) is 2.65. The van der Waals surface area contributed by atoms with Crippen molar-refractivity contribution in [2.24, 2.45) is 5.73 Å². The predicted molar refractivity (Wildman–Crippen MR) is 80.3 cm³/mol. The summed E-state index contributed by atoms with van der Waals surface area (Å²) in [7, 11) is 0. The maximum Gasteiger partial charge on any atom is 0.325 e. The van der Waals surface area contributed by atoms with Crippen LogP contribution in [0.2, 0.25) is 0 Å². The molecule has 3 amide bonds. The Morgan fingerprint density at radius 2 is 1.95 bits per heavy atom. The molecule has 0 aromatic heterocycles. The van der Waals surface area contributed by atoms with E-state index in [9.17, 15) is 9.59 Å². The molecule has 1 fully saturated rings. The minimum absolute atomic E-state index is 0.160. The highest BCUT2D eigenvalue weighted by molar-refractivity contribution is 7.80. The Bertz CT molecular complexity index is 557. The van der Waals surface area contributed by atoms with Crippen LogP contribution in [0.3, 0.4) is 0 Å². The van der Waals surface area contributed by atoms with Gasteiger partial charge in [0.1, 0.15) is 5.54 Å². The molecule has 5 nitrogen and oxygen atoms in total. The molecule has 20 heavy (non-hydrogen) atoms. The molecule has 0 aliphatic carbocycles. The molecule has 1 heterocycles. The fourth-order valence-electron chi connectivity index (χ4n) is 2.21. The van der Waals surface area contributed by atoms with E-state index in [1.165, 1.54) is 4.90 Å². The van der Waals surface area contributed by atoms with Crippen LogP contribution in [-0.2, 0) is 4.79 Å². The molecular formula is C14H17N3O2S. The first-order valence-corrected chi connectivity index (χ1v) is 6.72. The van der Waals surface area contributed by atoms with Gasteiger partial charge >= 0.3 is 6.03 Å². The summed E-state index contributed by atoms with van der Waals surface area (Å²) in [5, 5.41) is 2.64. The zero-order valence-electron chi connectivity index (χ0n) is 11.4. The average molecular weight is 291 g/mol. The molecule has 1 aliphatic rings. The Kier molecular flexibility index (Phi) is 3.76. The monoisotopic (exact) mass is 291 g/mol. The molecule has 106 valence electrons. The average Bonchev–Trinajstić information content (AvgIpc) is 2.57. The molecule has 1 aliphatic heterocycles. The van der Waals surface area contributed by atoms with Crippen molar-refractivity contribution in [1.29, 1.82) is 0 Å². The number of imide groups is 1. The van der Waals surface area contributed by atoms with Gasteiger partial charge in [-0.15, -0.1) is 0 Å². The first-order valence-electron chi connectivity index (χ1n) is 6.31. The molecule has 0 spiro atoms. The van der Waals surface area contributed by atoms with Crippen LogP contribution in [0, 0.1) is 0 Å². The lowest BCUT2D eigenvalue weighted by Crippen LogP contribution is -2.41. The van der Waals surface area contributed by atoms with Crippen LogP contribution < -0.4 is 11.1 Å². The van der Waals surface area contributed by atoms with Crippen molar-refractivity contribution >= 4 is 29.1 Å². The Hall–Kier alpha value is -1.95. The van der Waals surface area contributed by atoms with Crippen molar-refractivity contribution in [2.45, 2.75) is 25.3 Å². The van der Waals surface area contributed by atoms with Gasteiger partial charge in [-0.25, -0.2) is 4.79 Å². The van der Waals surface area contributed by atoms with E-state index in [0.717, 1.165) is 5.56 Å². The molecule has 1 aromatic carbocycles. The number of carbonyl (C=O) groups is 2. The van der Waals surface area contributed by atoms with E-state index in [4.69, 9.17) is 18.0 Å². The first kappa shape index (κ1) is 14.5. The van der Waals surface area contributed by atoms with Gasteiger partial charge in [-0.05, 0) is 19.4 Å². The summed E-state index contributed by atoms with van der Waals surface area (Å²) < 4.78 is 0. The number of nitrogens with zero attached hydrogens (tertiary/aromatic N) is 1. The van der Waals surface area contributed by atoms with E-state index in [1.807, 2.05) is 30.3 Å². The van der Waals surface area contributed by atoms with Gasteiger partial charge in [0.2, 0.25) is 0 Å². The van der Waals surface area contributed by atoms with Crippen LogP contribution in [0.25, 0.3) is 0 Å². The van der Waals surface area contributed by atoms with Gasteiger partial charge in [0.25, 0.3) is 5.91 Å². The Morgan fingerprint density at radius 3 is 2.40 bits per heavy atom. The summed E-state index contributed by atoms with van der Waals surface area (Å²) >= 11 is 5.08. The van der Waals surface area contributed by atoms with Crippen molar-refractivity contribution in [3.63, 3.8) is 0 Å². The molecular weight excluding hydrogens is 274 g/mol. The van der Waals surface area contributed by atoms with E-state index < -0.39 is 11.6 Å². The molecule has 3 N–H and O–H groups in total. The fourth-order valence-corrected chi connectivity index (χ4v) is 2.42. The number of urea groups is 1.